The predicted octanol–water partition coefficient (Wildman–Crippen LogP) is 3.12. The summed E-state index contributed by atoms with van der Waals surface area (Å²) >= 11 is 0. The molecule has 1 aliphatic heterocycles. The third kappa shape index (κ3) is 1.50. The van der Waals surface area contributed by atoms with E-state index in [1.54, 1.807) is 0 Å². The van der Waals surface area contributed by atoms with Gasteiger partial charge >= 0.3 is 6.18 Å². The minimum absolute atomic E-state index is 0.121. The van der Waals surface area contributed by atoms with Crippen molar-refractivity contribution in [3.8, 4) is 0 Å². The molecule has 0 amide bonds. The van der Waals surface area contributed by atoms with E-state index in [2.05, 4.69) is 5.09 Å². The molecule has 0 N–H and O–H groups in total. The second-order valence-corrected chi connectivity index (χ2v) is 3.88. The fourth-order valence-electron chi connectivity index (χ4n) is 0.516. The van der Waals surface area contributed by atoms with Crippen LogP contribution in [-0.4, -0.2) is 6.18 Å². The van der Waals surface area contributed by atoms with Crippen molar-refractivity contribution in [1.82, 2.24) is 5.09 Å². The molecule has 0 fully saturated rings. The van der Waals surface area contributed by atoms with Crippen molar-refractivity contribution in [2.75, 3.05) is 0 Å². The summed E-state index contributed by atoms with van der Waals surface area (Å²) in [7, 11) is 0.738. The van der Waals surface area contributed by atoms with Gasteiger partial charge in [0.2, 0.25) is 0 Å². The molecule has 1 aliphatic rings. The smallest absolute Gasteiger partial charge is 0.227 e. The fraction of sp³-hybridized carbons (Fsp3) is 0.500. The van der Waals surface area contributed by atoms with Crippen LogP contribution in [0.25, 0.3) is 0 Å². The van der Waals surface area contributed by atoms with Gasteiger partial charge in [-0.25, -0.2) is 5.09 Å². The van der Waals surface area contributed by atoms with Crippen molar-refractivity contribution in [2.45, 2.75) is 13.1 Å². The summed E-state index contributed by atoms with van der Waals surface area (Å²) in [6, 6.07) is 0. The molecule has 1 radical (unpaired) electrons. The maximum atomic E-state index is 11.9. The van der Waals surface area contributed by atoms with Gasteiger partial charge in [0.25, 0.3) is 0 Å². The van der Waals surface area contributed by atoms with Gasteiger partial charge in [-0.3, -0.25) is 0 Å². The number of hydrogen-bond donors (Lipinski definition) is 0. The molecule has 0 aliphatic carbocycles. The molecule has 55 valence electrons. The maximum absolute atomic E-state index is 11.9. The topological polar surface area (TPSA) is 14.1 Å². The van der Waals surface area contributed by atoms with Crippen LogP contribution in [0.15, 0.2) is 11.0 Å². The minimum Gasteiger partial charge on any atom is -0.227 e. The Labute approximate surface area is 59.2 Å². The molecule has 6 heteroatoms. The van der Waals surface area contributed by atoms with E-state index in [0.717, 1.165) is 0 Å². The summed E-state index contributed by atoms with van der Waals surface area (Å²) in [5.41, 5.74) is 0.121. The van der Waals surface area contributed by atoms with Crippen molar-refractivity contribution in [3.05, 3.63) is 11.0 Å². The first-order valence-electron chi connectivity index (χ1n) is 2.41. The van der Waals surface area contributed by atoms with Gasteiger partial charge < -0.3 is 0 Å². The van der Waals surface area contributed by atoms with Gasteiger partial charge in [0.15, 0.2) is 0 Å². The third-order valence-electron chi connectivity index (χ3n) is 0.951. The van der Waals surface area contributed by atoms with E-state index in [1.807, 2.05) is 0 Å². The number of hydrogen-bond acceptors (Lipinski definition) is 0. The van der Waals surface area contributed by atoms with Crippen LogP contribution in [0.4, 0.5) is 13.2 Å². The van der Waals surface area contributed by atoms with E-state index in [1.165, 1.54) is 6.92 Å². The standard InChI is InChI=1S/C4H3F3NP2/c1-2-3(4(5,6)7)9-10-8-2/h1H3. The Kier molecular flexibility index (Phi) is 2.02. The van der Waals surface area contributed by atoms with Gasteiger partial charge in [-0.1, -0.05) is 0 Å². The zero-order valence-corrected chi connectivity index (χ0v) is 6.76. The van der Waals surface area contributed by atoms with Gasteiger partial charge in [0.05, 0.1) is 13.7 Å². The van der Waals surface area contributed by atoms with Crippen molar-refractivity contribution < 1.29 is 13.2 Å². The predicted molar refractivity (Wildman–Crippen MR) is 34.7 cm³/mol. The molecule has 0 aromatic carbocycles. The first kappa shape index (κ1) is 8.03. The molecule has 0 saturated carbocycles. The zero-order chi connectivity index (χ0) is 7.78. The van der Waals surface area contributed by atoms with Gasteiger partial charge in [0.1, 0.15) is 5.31 Å². The van der Waals surface area contributed by atoms with E-state index in [4.69, 9.17) is 0 Å². The second kappa shape index (κ2) is 2.52. The molecule has 1 rings (SSSR count). The molecule has 0 aromatic rings. The molecule has 0 unspecified atom stereocenters. The lowest BCUT2D eigenvalue weighted by atomic mass is 10.4. The van der Waals surface area contributed by atoms with E-state index in [9.17, 15) is 13.2 Å². The van der Waals surface area contributed by atoms with Crippen LogP contribution < -0.4 is 5.09 Å². The Morgan fingerprint density at radius 2 is 2.00 bits per heavy atom. The van der Waals surface area contributed by atoms with Gasteiger partial charge in [0, 0.05) is 0 Å². The van der Waals surface area contributed by atoms with Crippen LogP contribution in [0.5, 0.6) is 0 Å². The van der Waals surface area contributed by atoms with E-state index >= 15 is 0 Å². The maximum Gasteiger partial charge on any atom is 0.422 e. The van der Waals surface area contributed by atoms with Crippen molar-refractivity contribution in [2.24, 2.45) is 0 Å². The van der Waals surface area contributed by atoms with Gasteiger partial charge in [-0.05, 0) is 14.8 Å². The minimum atomic E-state index is -4.18. The average Bonchev–Trinajstić information content (AvgIpc) is 2.11. The molecule has 0 atom stereocenters. The van der Waals surface area contributed by atoms with Gasteiger partial charge in [-0.2, -0.15) is 13.2 Å². The Morgan fingerprint density at radius 1 is 1.40 bits per heavy atom. The third-order valence-corrected chi connectivity index (χ3v) is 3.34. The van der Waals surface area contributed by atoms with Crippen molar-refractivity contribution in [1.29, 1.82) is 0 Å². The molecule has 0 bridgehead atoms. The van der Waals surface area contributed by atoms with Crippen LogP contribution in [0.3, 0.4) is 0 Å². The highest BCUT2D eigenvalue weighted by Crippen LogP contribution is 2.44. The van der Waals surface area contributed by atoms with Crippen LogP contribution in [0, 0.1) is 0 Å². The fourth-order valence-corrected chi connectivity index (χ4v) is 2.85. The molecule has 0 spiro atoms. The number of alkyl halides is 3. The van der Waals surface area contributed by atoms with Gasteiger partial charge in [-0.15, -0.1) is 0 Å². The SMILES string of the molecule is CC1=C(C(F)(F)F)P=P[N]1. The highest BCUT2D eigenvalue weighted by atomic mass is 31.7. The monoisotopic (exact) mass is 184 g/mol. The van der Waals surface area contributed by atoms with Crippen LogP contribution in [-0.2, 0) is 0 Å². The Morgan fingerprint density at radius 3 is 2.20 bits per heavy atom. The summed E-state index contributed by atoms with van der Waals surface area (Å²) < 4.78 is 35.6. The highest BCUT2D eigenvalue weighted by molar-refractivity contribution is 7.85. The summed E-state index contributed by atoms with van der Waals surface area (Å²) in [5.74, 6) is 0. The zero-order valence-electron chi connectivity index (χ0n) is 4.98. The van der Waals surface area contributed by atoms with Crippen LogP contribution >= 0.6 is 15.9 Å². The highest BCUT2D eigenvalue weighted by Gasteiger charge is 2.36. The molecular formula is C4H3F3NP2. The number of rotatable bonds is 0. The second-order valence-electron chi connectivity index (χ2n) is 1.72. The van der Waals surface area contributed by atoms with Crippen LogP contribution in [0.1, 0.15) is 6.92 Å². The molecular weight excluding hydrogens is 181 g/mol. The molecule has 1 nitrogen and oxygen atoms in total. The summed E-state index contributed by atoms with van der Waals surface area (Å²) in [6.45, 7) is 1.38. The lowest BCUT2D eigenvalue weighted by molar-refractivity contribution is -0.0845. The summed E-state index contributed by atoms with van der Waals surface area (Å²) in [4.78, 5) is 0. The number of nitrogens with zero attached hydrogens (tertiary/aromatic N) is 1. The van der Waals surface area contributed by atoms with E-state index in [0.29, 0.717) is 8.02 Å². The molecule has 10 heavy (non-hydrogen) atoms. The summed E-state index contributed by atoms with van der Waals surface area (Å²) in [6.07, 6.45) is -4.18. The van der Waals surface area contributed by atoms with Crippen molar-refractivity contribution in [3.63, 3.8) is 0 Å². The number of allylic oxidation sites excluding steroid dienone is 2. The average molecular weight is 184 g/mol. The number of halogens is 3. The Bertz CT molecular complexity index is 205. The first-order chi connectivity index (χ1) is 4.52. The van der Waals surface area contributed by atoms with Crippen molar-refractivity contribution >= 4 is 15.9 Å². The lowest BCUT2D eigenvalue weighted by Gasteiger charge is -2.03. The van der Waals surface area contributed by atoms with E-state index in [-0.39, 0.29) is 13.6 Å². The molecule has 0 aromatic heterocycles. The quantitative estimate of drug-likeness (QED) is 0.513. The first-order valence-corrected chi connectivity index (χ1v) is 4.86. The lowest BCUT2D eigenvalue weighted by Crippen LogP contribution is -2.08. The molecule has 0 saturated heterocycles. The Balaban J connectivity index is 2.91. The normalized spacial score (nSPS) is 21.2. The molecule has 1 heterocycles. The van der Waals surface area contributed by atoms with E-state index < -0.39 is 11.5 Å². The summed E-state index contributed by atoms with van der Waals surface area (Å²) in [5, 5.41) is 3.10. The largest absolute Gasteiger partial charge is 0.422 e. The Hall–Kier alpha value is -0.0700. The van der Waals surface area contributed by atoms with Crippen LogP contribution in [0.2, 0.25) is 0 Å².